The molecule has 2 heterocycles. The first kappa shape index (κ1) is 55.3. The lowest BCUT2D eigenvalue weighted by Crippen LogP contribution is -2.38. The predicted molar refractivity (Wildman–Crippen MR) is 336 cm³/mol. The summed E-state index contributed by atoms with van der Waals surface area (Å²) >= 11 is 0. The molecule has 1 unspecified atom stereocenters. The lowest BCUT2D eigenvalue weighted by atomic mass is 10.1. The predicted octanol–water partition coefficient (Wildman–Crippen LogP) is 12.0. The summed E-state index contributed by atoms with van der Waals surface area (Å²) < 4.78 is 50.3. The number of hydrogen-bond donors (Lipinski definition) is 0. The second-order valence-electron chi connectivity index (χ2n) is 21.1. The average Bonchev–Trinajstić information content (AvgIpc) is 3.56. The summed E-state index contributed by atoms with van der Waals surface area (Å²) in [5.74, 6) is 0.0579. The van der Waals surface area contributed by atoms with Crippen LogP contribution in [0.15, 0.2) is 216 Å². The van der Waals surface area contributed by atoms with Gasteiger partial charge in [-0.2, -0.15) is 0 Å². The maximum absolute atomic E-state index is 17.0. The third-order valence-corrected chi connectivity index (χ3v) is 25.7. The molecule has 1 aliphatic heterocycles. The molecule has 0 radical (unpaired) electrons. The third kappa shape index (κ3) is 11.4. The summed E-state index contributed by atoms with van der Waals surface area (Å²) in [5.41, 5.74) is 10.0. The van der Waals surface area contributed by atoms with Crippen LogP contribution in [0.1, 0.15) is 63.7 Å². The zero-order valence-corrected chi connectivity index (χ0v) is 49.9. The van der Waals surface area contributed by atoms with Crippen LogP contribution in [-0.2, 0) is 20.1 Å². The maximum Gasteiger partial charge on any atom is 0.206 e. The van der Waals surface area contributed by atoms with Crippen molar-refractivity contribution in [2.45, 2.75) is 75.2 Å². The number of nitrogens with zero attached hydrogens (tertiary/aromatic N) is 5. The molecule has 8 nitrogen and oxygen atoms in total. The van der Waals surface area contributed by atoms with E-state index >= 15 is 13.7 Å². The van der Waals surface area contributed by atoms with Gasteiger partial charge in [0.15, 0.2) is 5.58 Å². The van der Waals surface area contributed by atoms with Crippen LogP contribution in [0.3, 0.4) is 0 Å². The zero-order chi connectivity index (χ0) is 55.6. The van der Waals surface area contributed by atoms with E-state index in [1.165, 1.54) is 0 Å². The van der Waals surface area contributed by atoms with Crippen LogP contribution in [0.4, 0.5) is 0 Å². The maximum atomic E-state index is 17.0. The van der Waals surface area contributed by atoms with Crippen molar-refractivity contribution in [3.63, 3.8) is 0 Å². The van der Waals surface area contributed by atoms with Crippen LogP contribution < -0.4 is 53.6 Å². The highest BCUT2D eigenvalue weighted by atomic mass is 31.2. The van der Waals surface area contributed by atoms with E-state index in [0.717, 1.165) is 60.6 Å². The number of aliphatic imine (C=N–C) groups is 2. The Morgan fingerprint density at radius 3 is 0.962 bits per heavy atom. The highest BCUT2D eigenvalue weighted by Gasteiger charge is 2.41. The van der Waals surface area contributed by atoms with Crippen LogP contribution in [0.2, 0.25) is 0 Å². The van der Waals surface area contributed by atoms with Gasteiger partial charge < -0.3 is 13.7 Å². The SMILES string of the molecule is Cc1ccc(P(C2=NC(P(=O)(c3ccc(C)cc3)c3ccc(C)cc3)=N/C(Cc3nc(P(=O)(c4ccc(C)cc4)c4ccc(C)cc4)nc(P(=O)(c4ccc(C)cc4)c4ccc(C)cc4)n3)=C/CC2C)c2ccc(C)cc2)cc1. The van der Waals surface area contributed by atoms with Gasteiger partial charge in [0.05, 0.1) is 5.45 Å². The van der Waals surface area contributed by atoms with E-state index in [1.807, 2.05) is 187 Å². The monoisotopic (exact) mass is 1110 g/mol. The number of amidine groups is 1. The van der Waals surface area contributed by atoms with Crippen molar-refractivity contribution >= 4 is 93.9 Å². The Kier molecular flexibility index (Phi) is 16.1. The Morgan fingerprint density at radius 1 is 0.380 bits per heavy atom. The zero-order valence-electron chi connectivity index (χ0n) is 46.3. The third-order valence-electron chi connectivity index (χ3n) is 14.6. The number of rotatable bonds is 14. The second kappa shape index (κ2) is 23.0. The number of aromatic nitrogens is 3. The lowest BCUT2D eigenvalue weighted by Gasteiger charge is -2.28. The van der Waals surface area contributed by atoms with E-state index in [9.17, 15) is 0 Å². The fraction of sp³-hybridized carbons (Fsp3) is 0.179. The number of aryl methyl sites for hydroxylation is 8. The molecule has 0 N–H and O–H groups in total. The molecule has 0 bridgehead atoms. The van der Waals surface area contributed by atoms with Gasteiger partial charge in [-0.25, -0.2) is 24.9 Å². The molecule has 12 heteroatoms. The summed E-state index contributed by atoms with van der Waals surface area (Å²) in [7, 11) is -13.0. The van der Waals surface area contributed by atoms with Gasteiger partial charge in [0.1, 0.15) is 5.82 Å². The van der Waals surface area contributed by atoms with Crippen molar-refractivity contribution in [1.82, 2.24) is 15.0 Å². The van der Waals surface area contributed by atoms with Crippen molar-refractivity contribution in [3.05, 3.63) is 256 Å². The summed E-state index contributed by atoms with van der Waals surface area (Å²) in [6.07, 6.45) is 2.61. The fourth-order valence-electron chi connectivity index (χ4n) is 9.74. The van der Waals surface area contributed by atoms with Gasteiger partial charge >= 0.3 is 0 Å². The molecule has 8 aromatic carbocycles. The molecule has 79 heavy (non-hydrogen) atoms. The molecule has 0 spiro atoms. The number of benzene rings is 8. The van der Waals surface area contributed by atoms with Crippen LogP contribution in [0.25, 0.3) is 0 Å². The number of allylic oxidation sites excluding steroid dienone is 2. The van der Waals surface area contributed by atoms with E-state index in [4.69, 9.17) is 24.9 Å². The summed E-state index contributed by atoms with van der Waals surface area (Å²) in [6.45, 7) is 18.4. The van der Waals surface area contributed by atoms with Crippen LogP contribution in [0, 0.1) is 61.3 Å². The average molecular weight is 1110 g/mol. The normalized spacial score (nSPS) is 14.9. The molecule has 0 fully saturated rings. The first-order valence-corrected chi connectivity index (χ1v) is 33.2. The van der Waals surface area contributed by atoms with Gasteiger partial charge in [0.2, 0.25) is 32.6 Å². The molecule has 396 valence electrons. The molecule has 0 saturated carbocycles. The largest absolute Gasteiger partial charge is 0.305 e. The Morgan fingerprint density at radius 2 is 0.658 bits per heavy atom. The Bertz CT molecular complexity index is 3610. The minimum absolute atomic E-state index is 0.01000. The summed E-state index contributed by atoms with van der Waals surface area (Å²) in [5, 5.41) is 5.58. The van der Waals surface area contributed by atoms with E-state index in [1.54, 1.807) is 0 Å². The quantitative estimate of drug-likeness (QED) is 0.100. The topological polar surface area (TPSA) is 115 Å². The molecule has 1 aliphatic rings. The van der Waals surface area contributed by atoms with Gasteiger partial charge in [-0.1, -0.05) is 252 Å². The van der Waals surface area contributed by atoms with Crippen LogP contribution in [-0.4, -0.2) is 26.0 Å². The first-order valence-electron chi connectivity index (χ1n) is 26.7. The minimum atomic E-state index is -3.93. The highest BCUT2D eigenvalue weighted by molar-refractivity contribution is 7.94. The van der Waals surface area contributed by atoms with Crippen molar-refractivity contribution in [3.8, 4) is 0 Å². The summed E-state index contributed by atoms with van der Waals surface area (Å²) in [6, 6.07) is 63.6. The van der Waals surface area contributed by atoms with Gasteiger partial charge in [0, 0.05) is 57.8 Å². The molecule has 1 aromatic heterocycles. The van der Waals surface area contributed by atoms with Gasteiger partial charge in [0.25, 0.3) is 0 Å². The Hall–Kier alpha value is -7.03. The lowest BCUT2D eigenvalue weighted by molar-refractivity contribution is 0.590. The first-order chi connectivity index (χ1) is 37.9. The Balaban J connectivity index is 1.25. The van der Waals surface area contributed by atoms with Gasteiger partial charge in [-0.05, 0) is 72.4 Å². The molecule has 9 aromatic rings. The standard InChI is InChI=1S/C67H65N5O3P4/c1-45-10-28-55(29-11-45)76(56-30-12-46(2)13-31-56)64-53(9)26-27-54(68-65(71-64)77(73,57-32-14-47(3)15-33-57)58-34-16-48(4)17-35-58)44-63-69-66(78(74,59-36-18-49(5)19-37-59)60-38-20-50(6)21-39-60)72-67(70-63)79(75,61-40-22-51(7)23-41-61)62-42-24-52(8)25-43-62/h10-25,27-43,53H,26,44H2,1-9H3/b54-27+,68-65?,71-64?. The van der Waals surface area contributed by atoms with Crippen molar-refractivity contribution < 1.29 is 13.7 Å². The van der Waals surface area contributed by atoms with Gasteiger partial charge in [-0.15, -0.1) is 0 Å². The summed E-state index contributed by atoms with van der Waals surface area (Å²) in [4.78, 5) is 26.9. The smallest absolute Gasteiger partial charge is 0.206 e. The molecule has 0 amide bonds. The van der Waals surface area contributed by atoms with E-state index in [-0.39, 0.29) is 34.9 Å². The van der Waals surface area contributed by atoms with Crippen LogP contribution >= 0.6 is 29.3 Å². The van der Waals surface area contributed by atoms with Gasteiger partial charge in [-0.3, -0.25) is 0 Å². The van der Waals surface area contributed by atoms with Crippen molar-refractivity contribution in [2.24, 2.45) is 15.9 Å². The molecule has 1 atom stereocenters. The minimum Gasteiger partial charge on any atom is -0.305 e. The van der Waals surface area contributed by atoms with Crippen molar-refractivity contribution in [1.29, 1.82) is 0 Å². The van der Waals surface area contributed by atoms with Crippen LogP contribution in [0.5, 0.6) is 0 Å². The molecule has 10 rings (SSSR count). The molecule has 0 saturated heterocycles. The second-order valence-corrected chi connectivity index (χ2v) is 31.2. The molecule has 0 aliphatic carbocycles. The van der Waals surface area contributed by atoms with Crippen molar-refractivity contribution in [2.75, 3.05) is 0 Å². The van der Waals surface area contributed by atoms with E-state index in [0.29, 0.717) is 43.9 Å². The van der Waals surface area contributed by atoms with E-state index < -0.39 is 29.3 Å². The Labute approximate surface area is 467 Å². The fourth-order valence-corrected chi connectivity index (χ4v) is 19.6. The van der Waals surface area contributed by atoms with E-state index in [2.05, 4.69) is 75.4 Å². The molecular formula is C67H65N5O3P4. The highest BCUT2D eigenvalue weighted by Crippen LogP contribution is 2.50. The number of hydrogen-bond acceptors (Lipinski definition) is 8. The molecular weight excluding hydrogens is 1050 g/mol.